The lowest BCUT2D eigenvalue weighted by atomic mass is 9.86. The molecule has 1 N–H and O–H groups in total. The van der Waals surface area contributed by atoms with Gasteiger partial charge in [-0.15, -0.1) is 0 Å². The number of piperidine rings is 1. The maximum atomic E-state index is 13.6. The zero-order valence-electron chi connectivity index (χ0n) is 17.3. The first kappa shape index (κ1) is 20.7. The summed E-state index contributed by atoms with van der Waals surface area (Å²) in [6.07, 6.45) is 12.1. The number of halogens is 1. The second-order valence-corrected chi connectivity index (χ2v) is 8.53. The first-order valence-corrected chi connectivity index (χ1v) is 11.0. The smallest absolute Gasteiger partial charge is 0.251 e. The van der Waals surface area contributed by atoms with E-state index in [1.54, 1.807) is 18.3 Å². The molecule has 4 rings (SSSR count). The maximum absolute atomic E-state index is 13.6. The van der Waals surface area contributed by atoms with E-state index < -0.39 is 5.82 Å². The Morgan fingerprint density at radius 3 is 2.90 bits per heavy atom. The van der Waals surface area contributed by atoms with Gasteiger partial charge in [-0.1, -0.05) is 24.3 Å². The van der Waals surface area contributed by atoms with Crippen LogP contribution in [0, 0.1) is 17.7 Å². The molecule has 1 saturated heterocycles. The molecule has 1 aromatic heterocycles. The van der Waals surface area contributed by atoms with Crippen LogP contribution in [0.4, 0.5) is 4.39 Å². The molecule has 1 aliphatic carbocycles. The molecule has 2 aromatic rings. The lowest BCUT2D eigenvalue weighted by Crippen LogP contribution is -2.44. The highest BCUT2D eigenvalue weighted by atomic mass is 19.1. The zero-order valence-corrected chi connectivity index (χ0v) is 17.3. The van der Waals surface area contributed by atoms with Crippen molar-refractivity contribution in [1.29, 1.82) is 0 Å². The van der Waals surface area contributed by atoms with Gasteiger partial charge in [0.1, 0.15) is 5.82 Å². The van der Waals surface area contributed by atoms with Crippen LogP contribution >= 0.6 is 0 Å². The Balaban J connectivity index is 1.49. The summed E-state index contributed by atoms with van der Waals surface area (Å²) in [5.74, 6) is 0.358. The number of hydrogen-bond donors (Lipinski definition) is 1. The van der Waals surface area contributed by atoms with Crippen LogP contribution in [-0.4, -0.2) is 35.4 Å². The Hall–Kier alpha value is -2.53. The van der Waals surface area contributed by atoms with E-state index in [-0.39, 0.29) is 17.9 Å². The molecule has 0 saturated carbocycles. The van der Waals surface area contributed by atoms with E-state index in [1.165, 1.54) is 31.4 Å². The molecule has 1 fully saturated rings. The Labute approximate surface area is 178 Å². The van der Waals surface area contributed by atoms with Gasteiger partial charge in [0.25, 0.3) is 5.91 Å². The van der Waals surface area contributed by atoms with Crippen molar-refractivity contribution in [3.63, 3.8) is 0 Å². The van der Waals surface area contributed by atoms with E-state index in [9.17, 15) is 9.18 Å². The fraction of sp³-hybridized carbons (Fsp3) is 0.440. The van der Waals surface area contributed by atoms with E-state index in [1.807, 2.05) is 18.2 Å². The standard InChI is InChI=1S/C25H30FN3O/c26-22-12-6-10-20(16-22)25(30)28-24(23-13-4-5-14-27-23)21-11-7-15-29(18-21)17-19-8-2-1-3-9-19/h1-2,4-6,10,12-14,16,19,21,24H,3,7-9,11,15,17-18H2,(H,28,30)/t19-,21-,24+/m0/s1. The summed E-state index contributed by atoms with van der Waals surface area (Å²) in [6, 6.07) is 11.5. The average Bonchev–Trinajstić information content (AvgIpc) is 2.79. The van der Waals surface area contributed by atoms with Crippen molar-refractivity contribution in [2.75, 3.05) is 19.6 Å². The number of carbonyl (C=O) groups excluding carboxylic acids is 1. The molecule has 1 aromatic carbocycles. The van der Waals surface area contributed by atoms with Crippen molar-refractivity contribution in [3.05, 3.63) is 77.9 Å². The number of amides is 1. The topological polar surface area (TPSA) is 45.2 Å². The van der Waals surface area contributed by atoms with Gasteiger partial charge in [0.2, 0.25) is 0 Å². The number of nitrogens with one attached hydrogen (secondary N) is 1. The highest BCUT2D eigenvalue weighted by Crippen LogP contribution is 2.31. The molecule has 2 aliphatic rings. The monoisotopic (exact) mass is 407 g/mol. The van der Waals surface area contributed by atoms with Gasteiger partial charge in [-0.3, -0.25) is 9.78 Å². The lowest BCUT2D eigenvalue weighted by molar-refractivity contribution is 0.0863. The predicted molar refractivity (Wildman–Crippen MR) is 116 cm³/mol. The number of likely N-dealkylation sites (tertiary alicyclic amines) is 1. The van der Waals surface area contributed by atoms with Crippen LogP contribution in [0.3, 0.4) is 0 Å². The quantitative estimate of drug-likeness (QED) is 0.702. The molecular weight excluding hydrogens is 377 g/mol. The number of rotatable bonds is 6. The summed E-state index contributed by atoms with van der Waals surface area (Å²) in [5, 5.41) is 3.16. The Morgan fingerprint density at radius 2 is 2.13 bits per heavy atom. The number of benzene rings is 1. The van der Waals surface area contributed by atoms with Gasteiger partial charge in [0.05, 0.1) is 11.7 Å². The van der Waals surface area contributed by atoms with Crippen LogP contribution in [0.15, 0.2) is 60.8 Å². The molecule has 158 valence electrons. The Bertz CT molecular complexity index is 870. The van der Waals surface area contributed by atoms with Crippen LogP contribution in [0.25, 0.3) is 0 Å². The molecule has 5 heteroatoms. The first-order chi connectivity index (χ1) is 14.7. The largest absolute Gasteiger partial charge is 0.343 e. The summed E-state index contributed by atoms with van der Waals surface area (Å²) < 4.78 is 13.6. The zero-order chi connectivity index (χ0) is 20.8. The normalized spacial score (nSPS) is 23.1. The molecule has 3 atom stereocenters. The van der Waals surface area contributed by atoms with Crippen molar-refractivity contribution in [2.45, 2.75) is 38.1 Å². The van der Waals surface area contributed by atoms with Gasteiger partial charge in [0.15, 0.2) is 0 Å². The van der Waals surface area contributed by atoms with E-state index in [2.05, 4.69) is 27.4 Å². The number of hydrogen-bond acceptors (Lipinski definition) is 3. The third-order valence-corrected chi connectivity index (χ3v) is 6.29. The summed E-state index contributed by atoms with van der Waals surface area (Å²) in [5.41, 5.74) is 1.22. The van der Waals surface area contributed by atoms with Crippen LogP contribution in [0.2, 0.25) is 0 Å². The lowest BCUT2D eigenvalue weighted by Gasteiger charge is -2.38. The fourth-order valence-electron chi connectivity index (χ4n) is 4.76. The molecule has 1 amide bonds. The highest BCUT2D eigenvalue weighted by molar-refractivity contribution is 5.94. The van der Waals surface area contributed by atoms with E-state index in [0.717, 1.165) is 44.1 Å². The molecule has 0 spiro atoms. The predicted octanol–water partition coefficient (Wildman–Crippen LogP) is 4.76. The van der Waals surface area contributed by atoms with Crippen LogP contribution in [0.5, 0.6) is 0 Å². The van der Waals surface area contributed by atoms with E-state index in [4.69, 9.17) is 0 Å². The molecule has 2 heterocycles. The minimum atomic E-state index is -0.401. The van der Waals surface area contributed by atoms with Gasteiger partial charge >= 0.3 is 0 Å². The molecule has 0 bridgehead atoms. The Morgan fingerprint density at radius 1 is 1.20 bits per heavy atom. The molecule has 30 heavy (non-hydrogen) atoms. The van der Waals surface area contributed by atoms with E-state index in [0.29, 0.717) is 5.56 Å². The van der Waals surface area contributed by atoms with E-state index >= 15 is 0 Å². The molecule has 4 nitrogen and oxygen atoms in total. The number of allylic oxidation sites excluding steroid dienone is 2. The fourth-order valence-corrected chi connectivity index (χ4v) is 4.76. The van der Waals surface area contributed by atoms with Crippen LogP contribution < -0.4 is 5.32 Å². The molecular formula is C25H30FN3O. The molecule has 0 unspecified atom stereocenters. The third-order valence-electron chi connectivity index (χ3n) is 6.29. The number of pyridine rings is 1. The van der Waals surface area contributed by atoms with Crippen molar-refractivity contribution in [3.8, 4) is 0 Å². The van der Waals surface area contributed by atoms with Gasteiger partial charge < -0.3 is 10.2 Å². The summed E-state index contributed by atoms with van der Waals surface area (Å²) >= 11 is 0. The van der Waals surface area contributed by atoms with Gasteiger partial charge in [0, 0.05) is 24.8 Å². The molecule has 1 aliphatic heterocycles. The second kappa shape index (κ2) is 9.98. The molecule has 0 radical (unpaired) electrons. The SMILES string of the molecule is O=C(N[C@@H](c1ccccn1)[C@H]1CCCN(C[C@H]2CC=CCC2)C1)c1cccc(F)c1. The van der Waals surface area contributed by atoms with Crippen molar-refractivity contribution in [1.82, 2.24) is 15.2 Å². The number of carbonyl (C=O) groups is 1. The first-order valence-electron chi connectivity index (χ1n) is 11.0. The summed E-state index contributed by atoms with van der Waals surface area (Å²) in [6.45, 7) is 3.18. The minimum Gasteiger partial charge on any atom is -0.343 e. The second-order valence-electron chi connectivity index (χ2n) is 8.53. The number of nitrogens with zero attached hydrogens (tertiary/aromatic N) is 2. The summed E-state index contributed by atoms with van der Waals surface area (Å²) in [7, 11) is 0. The van der Waals surface area contributed by atoms with Gasteiger partial charge in [-0.25, -0.2) is 4.39 Å². The number of aromatic nitrogens is 1. The Kier molecular flexibility index (Phi) is 6.90. The van der Waals surface area contributed by atoms with Crippen LogP contribution in [0.1, 0.15) is 54.2 Å². The van der Waals surface area contributed by atoms with Gasteiger partial charge in [-0.05, 0) is 80.8 Å². The summed E-state index contributed by atoms with van der Waals surface area (Å²) in [4.78, 5) is 20.0. The maximum Gasteiger partial charge on any atom is 0.251 e. The van der Waals surface area contributed by atoms with Crippen LogP contribution in [-0.2, 0) is 0 Å². The minimum absolute atomic E-state index is 0.184. The average molecular weight is 408 g/mol. The third kappa shape index (κ3) is 5.33. The highest BCUT2D eigenvalue weighted by Gasteiger charge is 2.31. The van der Waals surface area contributed by atoms with Crippen molar-refractivity contribution < 1.29 is 9.18 Å². The van der Waals surface area contributed by atoms with Crippen molar-refractivity contribution >= 4 is 5.91 Å². The van der Waals surface area contributed by atoms with Crippen molar-refractivity contribution in [2.24, 2.45) is 11.8 Å². The van der Waals surface area contributed by atoms with Gasteiger partial charge in [-0.2, -0.15) is 0 Å².